The Morgan fingerprint density at radius 3 is 1.48 bits per heavy atom. The molecule has 0 heterocycles. The average Bonchev–Trinajstić information content (AvgIpc) is 2.69. The minimum absolute atomic E-state index is 0.0247. The summed E-state index contributed by atoms with van der Waals surface area (Å²) < 4.78 is 51.8. The highest BCUT2D eigenvalue weighted by Crippen LogP contribution is 2.29. The van der Waals surface area contributed by atoms with Gasteiger partial charge in [0.1, 0.15) is 0 Å². The van der Waals surface area contributed by atoms with Crippen molar-refractivity contribution in [2.24, 2.45) is 0 Å². The van der Waals surface area contributed by atoms with Crippen LogP contribution >= 0.6 is 0 Å². The van der Waals surface area contributed by atoms with Crippen molar-refractivity contribution >= 4 is 19.9 Å². The van der Waals surface area contributed by atoms with Crippen LogP contribution in [0.25, 0.3) is 0 Å². The minimum atomic E-state index is -3.83. The molecule has 0 amide bonds. The Labute approximate surface area is 172 Å². The molecule has 0 aliphatic heterocycles. The van der Waals surface area contributed by atoms with Crippen molar-refractivity contribution in [1.82, 2.24) is 4.72 Å². The molecular formula is C22H23NO4S2. The number of hydrogen-bond acceptors (Lipinski definition) is 4. The normalized spacial score (nSPS) is 13.3. The first-order chi connectivity index (χ1) is 13.7. The van der Waals surface area contributed by atoms with E-state index in [1.165, 1.54) is 24.3 Å². The number of sulfone groups is 1. The topological polar surface area (TPSA) is 80.3 Å². The summed E-state index contributed by atoms with van der Waals surface area (Å²) >= 11 is 0. The molecule has 3 aromatic rings. The van der Waals surface area contributed by atoms with Gasteiger partial charge < -0.3 is 0 Å². The first kappa shape index (κ1) is 21.2. The summed E-state index contributed by atoms with van der Waals surface area (Å²) in [5.41, 5.74) is 2.00. The van der Waals surface area contributed by atoms with Gasteiger partial charge in [0.15, 0.2) is 9.84 Å². The monoisotopic (exact) mass is 429 g/mol. The second-order valence-electron chi connectivity index (χ2n) is 6.95. The van der Waals surface area contributed by atoms with Crippen LogP contribution in [0, 0.1) is 0 Å². The molecule has 0 aliphatic carbocycles. The smallest absolute Gasteiger partial charge is 0.224 e. The highest BCUT2D eigenvalue weighted by molar-refractivity contribution is 7.90. The molecule has 1 N–H and O–H groups in total. The quantitative estimate of drug-likeness (QED) is 0.622. The molecule has 0 saturated heterocycles. The molecule has 29 heavy (non-hydrogen) atoms. The van der Waals surface area contributed by atoms with Crippen LogP contribution in [-0.2, 0) is 19.9 Å². The third kappa shape index (κ3) is 5.12. The van der Waals surface area contributed by atoms with Crippen molar-refractivity contribution in [3.05, 3.63) is 96.1 Å². The Morgan fingerprint density at radius 1 is 0.655 bits per heavy atom. The zero-order valence-corrected chi connectivity index (χ0v) is 17.8. The number of hydrogen-bond donors (Lipinski definition) is 1. The van der Waals surface area contributed by atoms with Crippen molar-refractivity contribution in [3.8, 4) is 0 Å². The van der Waals surface area contributed by atoms with E-state index in [4.69, 9.17) is 0 Å². The van der Waals surface area contributed by atoms with Gasteiger partial charge in [0.05, 0.1) is 9.79 Å². The highest BCUT2D eigenvalue weighted by atomic mass is 32.2. The van der Waals surface area contributed by atoms with Crippen LogP contribution in [0.15, 0.2) is 94.7 Å². The van der Waals surface area contributed by atoms with Crippen molar-refractivity contribution < 1.29 is 16.8 Å². The van der Waals surface area contributed by atoms with Gasteiger partial charge in [0, 0.05) is 18.2 Å². The molecule has 0 fully saturated rings. The third-order valence-corrected chi connectivity index (χ3v) is 7.42. The standard InChI is InChI=1S/C22H23NO4S2/c1-17(22(18-9-5-3-6-10-18)19-11-7-4-8-12-19)23-29(26,27)21-15-13-20(14-16-21)28(2,24)25/h3-17,22-23H,1-2H3/t17-/m0/s1. The molecule has 5 nitrogen and oxygen atoms in total. The molecule has 3 rings (SSSR count). The fourth-order valence-electron chi connectivity index (χ4n) is 3.34. The predicted octanol–water partition coefficient (Wildman–Crippen LogP) is 3.59. The lowest BCUT2D eigenvalue weighted by Gasteiger charge is -2.26. The molecular weight excluding hydrogens is 406 g/mol. The molecule has 152 valence electrons. The fraction of sp³-hybridized carbons (Fsp3) is 0.182. The lowest BCUT2D eigenvalue weighted by molar-refractivity contribution is 0.538. The van der Waals surface area contributed by atoms with Gasteiger partial charge in [-0.1, -0.05) is 60.7 Å². The van der Waals surface area contributed by atoms with Crippen LogP contribution < -0.4 is 4.72 Å². The first-order valence-corrected chi connectivity index (χ1v) is 12.5. The fourth-order valence-corrected chi connectivity index (χ4v) is 5.22. The van der Waals surface area contributed by atoms with E-state index in [9.17, 15) is 16.8 Å². The predicted molar refractivity (Wildman–Crippen MR) is 114 cm³/mol. The minimum Gasteiger partial charge on any atom is -0.224 e. The van der Waals surface area contributed by atoms with Gasteiger partial charge in [-0.15, -0.1) is 0 Å². The summed E-state index contributed by atoms with van der Waals surface area (Å²) in [6, 6.07) is 24.3. The molecule has 3 aromatic carbocycles. The molecule has 0 radical (unpaired) electrons. The maximum Gasteiger partial charge on any atom is 0.240 e. The Kier molecular flexibility index (Phi) is 6.21. The SMILES string of the molecule is C[C@H](NS(=O)(=O)c1ccc(S(C)(=O)=O)cc1)C(c1ccccc1)c1ccccc1. The van der Waals surface area contributed by atoms with Crippen LogP contribution in [0.5, 0.6) is 0 Å². The molecule has 7 heteroatoms. The summed E-state index contributed by atoms with van der Waals surface area (Å²) in [6.07, 6.45) is 1.08. The van der Waals surface area contributed by atoms with Gasteiger partial charge in [-0.05, 0) is 42.3 Å². The highest BCUT2D eigenvalue weighted by Gasteiger charge is 2.26. The molecule has 0 bridgehead atoms. The van der Waals surface area contributed by atoms with E-state index in [1.807, 2.05) is 67.6 Å². The van der Waals surface area contributed by atoms with Crippen LogP contribution in [0.2, 0.25) is 0 Å². The zero-order chi connectivity index (χ0) is 21.1. The number of benzene rings is 3. The average molecular weight is 430 g/mol. The molecule has 0 aliphatic rings. The van der Waals surface area contributed by atoms with Gasteiger partial charge in [-0.2, -0.15) is 0 Å². The van der Waals surface area contributed by atoms with Gasteiger partial charge in [0.25, 0.3) is 0 Å². The second kappa shape index (κ2) is 8.49. The van der Waals surface area contributed by atoms with Gasteiger partial charge in [-0.25, -0.2) is 21.6 Å². The van der Waals surface area contributed by atoms with E-state index in [0.717, 1.165) is 17.4 Å². The Hall–Kier alpha value is -2.48. The van der Waals surface area contributed by atoms with E-state index in [0.29, 0.717) is 0 Å². The maximum atomic E-state index is 12.9. The van der Waals surface area contributed by atoms with Crippen molar-refractivity contribution in [3.63, 3.8) is 0 Å². The number of rotatable bonds is 7. The van der Waals surface area contributed by atoms with Crippen LogP contribution in [-0.4, -0.2) is 29.1 Å². The van der Waals surface area contributed by atoms with Gasteiger partial charge >= 0.3 is 0 Å². The molecule has 1 atom stereocenters. The first-order valence-electron chi connectivity index (χ1n) is 9.11. The zero-order valence-electron chi connectivity index (χ0n) is 16.2. The molecule has 0 aromatic heterocycles. The second-order valence-corrected chi connectivity index (χ2v) is 10.7. The lowest BCUT2D eigenvalue weighted by Crippen LogP contribution is -2.37. The van der Waals surface area contributed by atoms with Crippen molar-refractivity contribution in [1.29, 1.82) is 0 Å². The number of nitrogens with one attached hydrogen (secondary N) is 1. The van der Waals surface area contributed by atoms with Crippen LogP contribution in [0.1, 0.15) is 24.0 Å². The van der Waals surface area contributed by atoms with Crippen LogP contribution in [0.4, 0.5) is 0 Å². The van der Waals surface area contributed by atoms with Crippen molar-refractivity contribution in [2.45, 2.75) is 28.7 Å². The molecule has 0 unspecified atom stereocenters. The van der Waals surface area contributed by atoms with Gasteiger partial charge in [-0.3, -0.25) is 0 Å². The van der Waals surface area contributed by atoms with E-state index in [2.05, 4.69) is 4.72 Å². The summed E-state index contributed by atoms with van der Waals surface area (Å²) in [4.78, 5) is 0.104. The lowest BCUT2D eigenvalue weighted by atomic mass is 9.86. The summed E-state index contributed by atoms with van der Waals surface area (Å²) in [7, 11) is -7.22. The van der Waals surface area contributed by atoms with Crippen molar-refractivity contribution in [2.75, 3.05) is 6.26 Å². The van der Waals surface area contributed by atoms with E-state index in [-0.39, 0.29) is 15.7 Å². The number of sulfonamides is 1. The Bertz CT molecular complexity index is 1120. The molecule has 0 saturated carbocycles. The Balaban J connectivity index is 1.92. The van der Waals surface area contributed by atoms with Crippen LogP contribution in [0.3, 0.4) is 0 Å². The third-order valence-electron chi connectivity index (χ3n) is 4.72. The maximum absolute atomic E-state index is 12.9. The summed E-state index contributed by atoms with van der Waals surface area (Å²) in [6.45, 7) is 1.83. The molecule has 0 spiro atoms. The largest absolute Gasteiger partial charge is 0.240 e. The summed E-state index contributed by atoms with van der Waals surface area (Å²) in [5, 5.41) is 0. The van der Waals surface area contributed by atoms with E-state index >= 15 is 0 Å². The van der Waals surface area contributed by atoms with E-state index in [1.54, 1.807) is 0 Å². The Morgan fingerprint density at radius 2 is 1.07 bits per heavy atom. The van der Waals surface area contributed by atoms with Gasteiger partial charge in [0.2, 0.25) is 10.0 Å². The van der Waals surface area contributed by atoms with E-state index < -0.39 is 25.9 Å². The summed E-state index contributed by atoms with van der Waals surface area (Å²) in [5.74, 6) is -0.178.